The van der Waals surface area contributed by atoms with Gasteiger partial charge in [-0.3, -0.25) is 4.68 Å². The summed E-state index contributed by atoms with van der Waals surface area (Å²) in [6.45, 7) is 2.23. The number of aromatic nitrogens is 2. The first-order valence-electron chi connectivity index (χ1n) is 6.32. The summed E-state index contributed by atoms with van der Waals surface area (Å²) in [5.74, 6) is 1.04. The molecule has 2 heterocycles. The van der Waals surface area contributed by atoms with Gasteiger partial charge in [-0.05, 0) is 29.7 Å². The molecule has 0 unspecified atom stereocenters. The van der Waals surface area contributed by atoms with Crippen molar-refractivity contribution in [2.24, 2.45) is 5.73 Å². The van der Waals surface area contributed by atoms with Crippen molar-refractivity contribution in [3.63, 3.8) is 0 Å². The maximum atomic E-state index is 5.66. The van der Waals surface area contributed by atoms with Gasteiger partial charge in [-0.1, -0.05) is 12.1 Å². The summed E-state index contributed by atoms with van der Waals surface area (Å²) < 4.78 is 7.48. The monoisotopic (exact) mass is 243 g/mol. The highest BCUT2D eigenvalue weighted by Crippen LogP contribution is 2.26. The van der Waals surface area contributed by atoms with E-state index in [0.29, 0.717) is 6.54 Å². The summed E-state index contributed by atoms with van der Waals surface area (Å²) in [6.07, 6.45) is 3.81. The molecule has 0 atom stereocenters. The van der Waals surface area contributed by atoms with Crippen molar-refractivity contribution in [1.29, 1.82) is 0 Å². The van der Waals surface area contributed by atoms with Crippen molar-refractivity contribution in [2.45, 2.75) is 25.9 Å². The zero-order chi connectivity index (χ0) is 12.4. The molecule has 3 rings (SSSR count). The summed E-state index contributed by atoms with van der Waals surface area (Å²) in [4.78, 5) is 0. The van der Waals surface area contributed by atoms with Crippen LogP contribution in [-0.2, 0) is 25.9 Å². The van der Waals surface area contributed by atoms with Crippen molar-refractivity contribution in [3.8, 4) is 5.75 Å². The molecule has 4 heteroatoms. The van der Waals surface area contributed by atoms with Crippen LogP contribution in [0.4, 0.5) is 0 Å². The first-order chi connectivity index (χ1) is 8.86. The molecule has 0 bridgehead atoms. The highest BCUT2D eigenvalue weighted by Gasteiger charge is 2.12. The molecule has 0 amide bonds. The second-order valence-corrected chi connectivity index (χ2v) is 4.54. The Morgan fingerprint density at radius 1 is 1.33 bits per heavy atom. The molecule has 1 aliphatic heterocycles. The van der Waals surface area contributed by atoms with Gasteiger partial charge in [0.05, 0.1) is 12.3 Å². The van der Waals surface area contributed by atoms with E-state index in [-0.39, 0.29) is 0 Å². The molecule has 2 aromatic rings. The van der Waals surface area contributed by atoms with Crippen molar-refractivity contribution in [3.05, 3.63) is 47.3 Å². The molecule has 0 saturated heterocycles. The zero-order valence-corrected chi connectivity index (χ0v) is 10.3. The average Bonchev–Trinajstić information content (AvgIpc) is 3.04. The number of aryl methyl sites for hydroxylation is 2. The second kappa shape index (κ2) is 4.82. The first kappa shape index (κ1) is 11.3. The number of benzene rings is 1. The summed E-state index contributed by atoms with van der Waals surface area (Å²) in [6, 6.07) is 8.42. The molecular formula is C14H17N3O. The van der Waals surface area contributed by atoms with Gasteiger partial charge in [-0.15, -0.1) is 0 Å². The fourth-order valence-corrected chi connectivity index (χ4v) is 2.37. The standard InChI is InChI=1S/C14H17N3O/c15-10-13-3-6-16-17(13)7-4-11-1-2-14-12(9-11)5-8-18-14/h1-3,6,9H,4-5,7-8,10,15H2. The van der Waals surface area contributed by atoms with Crippen LogP contribution < -0.4 is 10.5 Å². The van der Waals surface area contributed by atoms with Crippen LogP contribution in [-0.4, -0.2) is 16.4 Å². The minimum absolute atomic E-state index is 0.540. The van der Waals surface area contributed by atoms with E-state index in [9.17, 15) is 0 Å². The van der Waals surface area contributed by atoms with Gasteiger partial charge >= 0.3 is 0 Å². The number of hydrogen-bond donors (Lipinski definition) is 1. The van der Waals surface area contributed by atoms with Crippen LogP contribution >= 0.6 is 0 Å². The van der Waals surface area contributed by atoms with E-state index in [1.165, 1.54) is 11.1 Å². The molecule has 2 N–H and O–H groups in total. The van der Waals surface area contributed by atoms with Crippen LogP contribution in [0, 0.1) is 0 Å². The van der Waals surface area contributed by atoms with Gasteiger partial charge in [-0.2, -0.15) is 5.10 Å². The number of nitrogens with two attached hydrogens (primary N) is 1. The summed E-state index contributed by atoms with van der Waals surface area (Å²) in [5.41, 5.74) is 9.40. The molecule has 1 aromatic carbocycles. The van der Waals surface area contributed by atoms with Crippen LogP contribution in [0.2, 0.25) is 0 Å². The molecule has 0 saturated carbocycles. The molecule has 4 nitrogen and oxygen atoms in total. The highest BCUT2D eigenvalue weighted by molar-refractivity contribution is 5.39. The van der Waals surface area contributed by atoms with Crippen LogP contribution in [0.5, 0.6) is 5.75 Å². The Morgan fingerprint density at radius 2 is 2.28 bits per heavy atom. The molecule has 1 aromatic heterocycles. The number of nitrogens with zero attached hydrogens (tertiary/aromatic N) is 2. The highest BCUT2D eigenvalue weighted by atomic mass is 16.5. The van der Waals surface area contributed by atoms with Crippen LogP contribution in [0.15, 0.2) is 30.5 Å². The summed E-state index contributed by atoms with van der Waals surface area (Å²) in [7, 11) is 0. The number of fused-ring (bicyclic) bond motifs is 1. The predicted molar refractivity (Wildman–Crippen MR) is 69.5 cm³/mol. The Hall–Kier alpha value is -1.81. The Balaban J connectivity index is 1.70. The molecule has 0 aliphatic carbocycles. The maximum Gasteiger partial charge on any atom is 0.122 e. The molecule has 1 aliphatic rings. The smallest absolute Gasteiger partial charge is 0.122 e. The van der Waals surface area contributed by atoms with Gasteiger partial charge in [0.15, 0.2) is 0 Å². The lowest BCUT2D eigenvalue weighted by atomic mass is 10.1. The minimum atomic E-state index is 0.540. The van der Waals surface area contributed by atoms with Gasteiger partial charge in [-0.25, -0.2) is 0 Å². The molecular weight excluding hydrogens is 226 g/mol. The predicted octanol–water partition coefficient (Wildman–Crippen LogP) is 1.52. The van der Waals surface area contributed by atoms with Crippen molar-refractivity contribution >= 4 is 0 Å². The normalized spacial score (nSPS) is 13.4. The Labute approximate surface area is 106 Å². The van der Waals surface area contributed by atoms with E-state index in [1.807, 2.05) is 10.7 Å². The fourth-order valence-electron chi connectivity index (χ4n) is 2.37. The SMILES string of the molecule is NCc1ccnn1CCc1ccc2c(c1)CCO2. The van der Waals surface area contributed by atoms with Gasteiger partial charge < -0.3 is 10.5 Å². The third-order valence-corrected chi connectivity index (χ3v) is 3.38. The van der Waals surface area contributed by atoms with E-state index in [0.717, 1.165) is 37.4 Å². The lowest BCUT2D eigenvalue weighted by molar-refractivity contribution is 0.357. The maximum absolute atomic E-state index is 5.66. The van der Waals surface area contributed by atoms with Gasteiger partial charge in [0, 0.05) is 25.7 Å². The Morgan fingerprint density at radius 3 is 3.17 bits per heavy atom. The van der Waals surface area contributed by atoms with Crippen molar-refractivity contribution < 1.29 is 4.74 Å². The van der Waals surface area contributed by atoms with E-state index < -0.39 is 0 Å². The lowest BCUT2D eigenvalue weighted by Crippen LogP contribution is -2.10. The van der Waals surface area contributed by atoms with Crippen molar-refractivity contribution in [2.75, 3.05) is 6.61 Å². The van der Waals surface area contributed by atoms with Gasteiger partial charge in [0.2, 0.25) is 0 Å². The summed E-state index contributed by atoms with van der Waals surface area (Å²) in [5, 5.41) is 4.29. The Kier molecular flexibility index (Phi) is 3.02. The van der Waals surface area contributed by atoms with E-state index in [4.69, 9.17) is 10.5 Å². The minimum Gasteiger partial charge on any atom is -0.493 e. The second-order valence-electron chi connectivity index (χ2n) is 4.54. The largest absolute Gasteiger partial charge is 0.493 e. The lowest BCUT2D eigenvalue weighted by Gasteiger charge is -2.07. The van der Waals surface area contributed by atoms with Crippen LogP contribution in [0.3, 0.4) is 0 Å². The summed E-state index contributed by atoms with van der Waals surface area (Å²) >= 11 is 0. The molecule has 0 fully saturated rings. The van der Waals surface area contributed by atoms with Gasteiger partial charge in [0.25, 0.3) is 0 Å². The van der Waals surface area contributed by atoms with E-state index in [2.05, 4.69) is 23.3 Å². The van der Waals surface area contributed by atoms with Crippen molar-refractivity contribution in [1.82, 2.24) is 9.78 Å². The van der Waals surface area contributed by atoms with Gasteiger partial charge in [0.1, 0.15) is 5.75 Å². The number of rotatable bonds is 4. The molecule has 0 radical (unpaired) electrons. The van der Waals surface area contributed by atoms with E-state index >= 15 is 0 Å². The first-order valence-corrected chi connectivity index (χ1v) is 6.32. The zero-order valence-electron chi connectivity index (χ0n) is 10.3. The topological polar surface area (TPSA) is 53.1 Å². The van der Waals surface area contributed by atoms with Crippen LogP contribution in [0.25, 0.3) is 0 Å². The van der Waals surface area contributed by atoms with Crippen LogP contribution in [0.1, 0.15) is 16.8 Å². The number of hydrogen-bond acceptors (Lipinski definition) is 3. The Bertz CT molecular complexity index is 548. The number of ether oxygens (including phenoxy) is 1. The quantitative estimate of drug-likeness (QED) is 0.885. The third-order valence-electron chi connectivity index (χ3n) is 3.38. The van der Waals surface area contributed by atoms with E-state index in [1.54, 1.807) is 6.20 Å². The average molecular weight is 243 g/mol. The molecule has 18 heavy (non-hydrogen) atoms. The molecule has 94 valence electrons. The fraction of sp³-hybridized carbons (Fsp3) is 0.357. The third kappa shape index (κ3) is 2.11. The molecule has 0 spiro atoms.